The number of fused-ring (bicyclic) bond motifs is 1. The van der Waals surface area contributed by atoms with Gasteiger partial charge >= 0.3 is 0 Å². The van der Waals surface area contributed by atoms with E-state index in [1.165, 1.54) is 6.07 Å². The monoisotopic (exact) mass is 320 g/mol. The van der Waals surface area contributed by atoms with Crippen molar-refractivity contribution in [3.63, 3.8) is 0 Å². The van der Waals surface area contributed by atoms with E-state index >= 15 is 0 Å². The van der Waals surface area contributed by atoms with E-state index in [1.807, 2.05) is 0 Å². The Morgan fingerprint density at radius 1 is 1.27 bits per heavy atom. The van der Waals surface area contributed by atoms with E-state index in [9.17, 15) is 8.78 Å². The summed E-state index contributed by atoms with van der Waals surface area (Å²) in [5.41, 5.74) is 1.81. The highest BCUT2D eigenvalue weighted by atomic mass is 35.5. The quantitative estimate of drug-likeness (QED) is 0.670. The van der Waals surface area contributed by atoms with Crippen molar-refractivity contribution in [3.05, 3.63) is 47.5 Å². The van der Waals surface area contributed by atoms with Crippen LogP contribution < -0.4 is 0 Å². The third-order valence-electron chi connectivity index (χ3n) is 3.28. The zero-order valence-corrected chi connectivity index (χ0v) is 12.6. The molecule has 3 rings (SSSR count). The van der Waals surface area contributed by atoms with Crippen LogP contribution in [0.2, 0.25) is 5.28 Å². The van der Waals surface area contributed by atoms with E-state index in [0.717, 1.165) is 11.8 Å². The molecule has 0 radical (unpaired) electrons. The summed E-state index contributed by atoms with van der Waals surface area (Å²) in [4.78, 5) is 7.39. The van der Waals surface area contributed by atoms with Gasteiger partial charge in [-0.25, -0.2) is 18.7 Å². The van der Waals surface area contributed by atoms with Crippen molar-refractivity contribution in [2.45, 2.75) is 6.92 Å². The van der Waals surface area contributed by atoms with Crippen molar-refractivity contribution >= 4 is 28.1 Å². The van der Waals surface area contributed by atoms with Crippen molar-refractivity contribution in [3.8, 4) is 11.3 Å². The van der Waals surface area contributed by atoms with Gasteiger partial charge in [-0.3, -0.25) is 4.68 Å². The Kier molecular flexibility index (Phi) is 3.41. The van der Waals surface area contributed by atoms with E-state index < -0.39 is 11.6 Å². The van der Waals surface area contributed by atoms with Crippen LogP contribution in [0.1, 0.15) is 12.6 Å². The Morgan fingerprint density at radius 2 is 2.00 bits per heavy atom. The van der Waals surface area contributed by atoms with Crippen LogP contribution in [0.3, 0.4) is 0 Å². The highest BCUT2D eigenvalue weighted by molar-refractivity contribution is 6.28. The van der Waals surface area contributed by atoms with E-state index in [-0.39, 0.29) is 22.1 Å². The number of aromatic nitrogens is 4. The lowest BCUT2D eigenvalue weighted by Crippen LogP contribution is -1.95. The first-order chi connectivity index (χ1) is 10.4. The molecule has 2 aromatic heterocycles. The zero-order valence-electron chi connectivity index (χ0n) is 11.9. The second-order valence-electron chi connectivity index (χ2n) is 4.94. The average Bonchev–Trinajstić information content (AvgIpc) is 2.78. The minimum absolute atomic E-state index is 0.0580. The number of rotatable bonds is 2. The molecule has 0 unspecified atom stereocenters. The molecule has 0 atom stereocenters. The number of hydrogen-bond acceptors (Lipinski definition) is 3. The molecule has 1 aromatic carbocycles. The number of hydrogen-bond donors (Lipinski definition) is 0. The normalized spacial score (nSPS) is 11.1. The Labute approximate surface area is 130 Å². The SMILES string of the molecule is C=C(C)c1c2cc(-c3nc(Cl)ncc3F)cc(F)c2nn1C. The summed E-state index contributed by atoms with van der Waals surface area (Å²) in [6, 6.07) is 2.80. The fourth-order valence-corrected chi connectivity index (χ4v) is 2.58. The van der Waals surface area contributed by atoms with Crippen LogP contribution >= 0.6 is 11.6 Å². The molecule has 0 fully saturated rings. The number of benzene rings is 1. The lowest BCUT2D eigenvalue weighted by atomic mass is 10.0. The molecule has 112 valence electrons. The fraction of sp³-hybridized carbons (Fsp3) is 0.133. The van der Waals surface area contributed by atoms with Gasteiger partial charge in [-0.2, -0.15) is 5.10 Å². The van der Waals surface area contributed by atoms with Gasteiger partial charge < -0.3 is 0 Å². The van der Waals surface area contributed by atoms with Gasteiger partial charge in [-0.15, -0.1) is 0 Å². The third kappa shape index (κ3) is 2.25. The first kappa shape index (κ1) is 14.6. The van der Waals surface area contributed by atoms with Gasteiger partial charge in [0.25, 0.3) is 0 Å². The number of nitrogens with zero attached hydrogens (tertiary/aromatic N) is 4. The van der Waals surface area contributed by atoms with Crippen molar-refractivity contribution in [1.29, 1.82) is 0 Å². The molecule has 3 aromatic rings. The molecule has 0 amide bonds. The lowest BCUT2D eigenvalue weighted by molar-refractivity contribution is 0.616. The summed E-state index contributed by atoms with van der Waals surface area (Å²) in [6.07, 6.45) is 0.954. The van der Waals surface area contributed by atoms with Crippen molar-refractivity contribution in [2.75, 3.05) is 0 Å². The topological polar surface area (TPSA) is 43.6 Å². The van der Waals surface area contributed by atoms with Crippen LogP contribution in [-0.4, -0.2) is 19.7 Å². The largest absolute Gasteiger partial charge is 0.267 e. The average molecular weight is 321 g/mol. The Hall–Kier alpha value is -2.34. The van der Waals surface area contributed by atoms with Crippen LogP contribution in [0.5, 0.6) is 0 Å². The molecule has 0 bridgehead atoms. The highest BCUT2D eigenvalue weighted by Crippen LogP contribution is 2.31. The van der Waals surface area contributed by atoms with Gasteiger partial charge in [0.15, 0.2) is 11.6 Å². The smallest absolute Gasteiger partial charge is 0.223 e. The molecular weight excluding hydrogens is 310 g/mol. The molecule has 0 saturated heterocycles. The van der Waals surface area contributed by atoms with Crippen LogP contribution in [0.15, 0.2) is 24.9 Å². The van der Waals surface area contributed by atoms with Gasteiger partial charge in [0, 0.05) is 18.0 Å². The molecule has 0 aliphatic carbocycles. The Morgan fingerprint density at radius 3 is 2.68 bits per heavy atom. The van der Waals surface area contributed by atoms with Gasteiger partial charge in [0.2, 0.25) is 5.28 Å². The molecule has 0 aliphatic heterocycles. The zero-order chi connectivity index (χ0) is 16.0. The first-order valence-corrected chi connectivity index (χ1v) is 6.77. The summed E-state index contributed by atoms with van der Waals surface area (Å²) < 4.78 is 29.8. The number of halogens is 3. The second kappa shape index (κ2) is 5.14. The molecule has 0 saturated carbocycles. The first-order valence-electron chi connectivity index (χ1n) is 6.39. The standard InChI is InChI=1S/C15H11ClF2N4/c1-7(2)14-9-4-8(5-10(17)13(9)21-22(14)3)12-11(18)6-19-15(16)20-12/h4-6H,1H2,2-3H3. The van der Waals surface area contributed by atoms with Gasteiger partial charge in [0.05, 0.1) is 11.9 Å². The lowest BCUT2D eigenvalue weighted by Gasteiger charge is -2.05. The number of aryl methyl sites for hydroxylation is 1. The minimum Gasteiger partial charge on any atom is -0.267 e. The highest BCUT2D eigenvalue weighted by Gasteiger charge is 2.17. The van der Waals surface area contributed by atoms with Gasteiger partial charge in [-0.05, 0) is 36.2 Å². The Bertz CT molecular complexity index is 918. The van der Waals surface area contributed by atoms with Crippen molar-refractivity contribution in [2.24, 2.45) is 7.05 Å². The van der Waals surface area contributed by atoms with Gasteiger partial charge in [-0.1, -0.05) is 6.58 Å². The van der Waals surface area contributed by atoms with Crippen LogP contribution in [-0.2, 0) is 7.05 Å². The predicted molar refractivity (Wildman–Crippen MR) is 81.4 cm³/mol. The summed E-state index contributed by atoms with van der Waals surface area (Å²) in [5.74, 6) is -1.24. The molecule has 4 nitrogen and oxygen atoms in total. The predicted octanol–water partition coefficient (Wildman–Crippen LogP) is 4.00. The van der Waals surface area contributed by atoms with Crippen molar-refractivity contribution in [1.82, 2.24) is 19.7 Å². The molecule has 0 spiro atoms. The molecule has 7 heteroatoms. The van der Waals surface area contributed by atoms with Crippen LogP contribution in [0, 0.1) is 11.6 Å². The van der Waals surface area contributed by atoms with Gasteiger partial charge in [0.1, 0.15) is 11.2 Å². The second-order valence-corrected chi connectivity index (χ2v) is 5.28. The summed E-state index contributed by atoms with van der Waals surface area (Å²) in [5, 5.41) is 4.57. The molecule has 0 N–H and O–H groups in total. The maximum absolute atomic E-state index is 14.3. The van der Waals surface area contributed by atoms with E-state index in [4.69, 9.17) is 11.6 Å². The molecular formula is C15H11ClF2N4. The van der Waals surface area contributed by atoms with E-state index in [1.54, 1.807) is 24.7 Å². The minimum atomic E-state index is -0.677. The maximum Gasteiger partial charge on any atom is 0.223 e. The summed E-state index contributed by atoms with van der Waals surface area (Å²) in [6.45, 7) is 5.66. The van der Waals surface area contributed by atoms with E-state index in [2.05, 4.69) is 21.6 Å². The maximum atomic E-state index is 14.3. The molecule has 0 aliphatic rings. The number of allylic oxidation sites excluding steroid dienone is 1. The van der Waals surface area contributed by atoms with Crippen molar-refractivity contribution < 1.29 is 8.78 Å². The van der Waals surface area contributed by atoms with E-state index in [0.29, 0.717) is 11.1 Å². The summed E-state index contributed by atoms with van der Waals surface area (Å²) in [7, 11) is 1.70. The molecule has 2 heterocycles. The van der Waals surface area contributed by atoms with Crippen LogP contribution in [0.25, 0.3) is 27.7 Å². The Balaban J connectivity index is 2.35. The fourth-order valence-electron chi connectivity index (χ4n) is 2.45. The summed E-state index contributed by atoms with van der Waals surface area (Å²) >= 11 is 5.70. The molecule has 22 heavy (non-hydrogen) atoms. The third-order valence-corrected chi connectivity index (χ3v) is 3.47. The van der Waals surface area contributed by atoms with Crippen LogP contribution in [0.4, 0.5) is 8.78 Å².